The van der Waals surface area contributed by atoms with Crippen molar-refractivity contribution in [2.45, 2.75) is 45.1 Å². The highest BCUT2D eigenvalue weighted by Crippen LogP contribution is 2.38. The van der Waals surface area contributed by atoms with Crippen LogP contribution in [0.2, 0.25) is 0 Å². The number of amides is 2. The number of hydrogen-bond acceptors (Lipinski definition) is 4. The number of urea groups is 1. The van der Waals surface area contributed by atoms with E-state index >= 15 is 0 Å². The number of nitrogens with one attached hydrogen (secondary N) is 2. The number of rotatable bonds is 7. The molecule has 1 aromatic carbocycles. The zero-order valence-corrected chi connectivity index (χ0v) is 17.8. The maximum Gasteiger partial charge on any atom is 0.329 e. The highest BCUT2D eigenvalue weighted by molar-refractivity contribution is 8.00. The van der Waals surface area contributed by atoms with Crippen molar-refractivity contribution in [2.75, 3.05) is 17.3 Å². The Kier molecular flexibility index (Phi) is 6.32. The Morgan fingerprint density at radius 2 is 1.96 bits per heavy atom. The number of anilines is 1. The minimum absolute atomic E-state index is 0.158. The highest BCUT2D eigenvalue weighted by Gasteiger charge is 2.24. The topological polar surface area (TPSA) is 59.0 Å². The van der Waals surface area contributed by atoms with Crippen molar-refractivity contribution >= 4 is 41.5 Å². The first-order valence-corrected chi connectivity index (χ1v) is 12.1. The lowest BCUT2D eigenvalue weighted by molar-refractivity contribution is 0.257. The van der Waals surface area contributed by atoms with Crippen LogP contribution in [0.5, 0.6) is 0 Å². The molecule has 0 saturated heterocycles. The number of aromatic nitrogens is 2. The van der Waals surface area contributed by atoms with Gasteiger partial charge in [0.1, 0.15) is 5.82 Å². The first-order valence-electron chi connectivity index (χ1n) is 9.82. The Morgan fingerprint density at radius 1 is 1.21 bits per heavy atom. The van der Waals surface area contributed by atoms with Gasteiger partial charge in [-0.2, -0.15) is 11.8 Å². The largest absolute Gasteiger partial charge is 0.331 e. The van der Waals surface area contributed by atoms with E-state index < -0.39 is 0 Å². The van der Waals surface area contributed by atoms with Crippen LogP contribution in [0.4, 0.5) is 10.5 Å². The SMILES string of the molecule is CSCCn1ccnc1/C=C/SNC(=O)Nc1c2c(cc3c1CCC3)CCC2. The third-order valence-electron chi connectivity index (χ3n) is 5.43. The van der Waals surface area contributed by atoms with Gasteiger partial charge in [0.2, 0.25) is 0 Å². The summed E-state index contributed by atoms with van der Waals surface area (Å²) in [5.41, 5.74) is 6.65. The number of fused-ring (bicyclic) bond motifs is 2. The van der Waals surface area contributed by atoms with E-state index in [1.54, 1.807) is 6.20 Å². The molecule has 0 unspecified atom stereocenters. The van der Waals surface area contributed by atoms with E-state index in [4.69, 9.17) is 0 Å². The van der Waals surface area contributed by atoms with Crippen molar-refractivity contribution in [3.8, 4) is 0 Å². The molecule has 0 spiro atoms. The summed E-state index contributed by atoms with van der Waals surface area (Å²) in [6.07, 6.45) is 14.6. The van der Waals surface area contributed by atoms with Crippen LogP contribution in [0.3, 0.4) is 0 Å². The number of nitrogens with zero attached hydrogens (tertiary/aromatic N) is 2. The van der Waals surface area contributed by atoms with Gasteiger partial charge in [0.05, 0.1) is 0 Å². The molecular formula is C21H26N4OS2. The van der Waals surface area contributed by atoms with Crippen LogP contribution in [0.25, 0.3) is 6.08 Å². The zero-order chi connectivity index (χ0) is 19.3. The minimum Gasteiger partial charge on any atom is -0.331 e. The molecule has 7 heteroatoms. The summed E-state index contributed by atoms with van der Waals surface area (Å²) in [5, 5.41) is 5.02. The van der Waals surface area contributed by atoms with Gasteiger partial charge in [-0.3, -0.25) is 4.72 Å². The van der Waals surface area contributed by atoms with E-state index in [-0.39, 0.29) is 6.03 Å². The maximum atomic E-state index is 12.5. The summed E-state index contributed by atoms with van der Waals surface area (Å²) < 4.78 is 4.99. The second kappa shape index (κ2) is 9.09. The van der Waals surface area contributed by atoms with Crippen molar-refractivity contribution in [1.82, 2.24) is 14.3 Å². The smallest absolute Gasteiger partial charge is 0.329 e. The number of imidazole rings is 1. The fourth-order valence-electron chi connectivity index (χ4n) is 4.15. The molecule has 4 rings (SSSR count). The predicted octanol–water partition coefficient (Wildman–Crippen LogP) is 4.66. The lowest BCUT2D eigenvalue weighted by Gasteiger charge is -2.16. The van der Waals surface area contributed by atoms with Crippen LogP contribution < -0.4 is 10.0 Å². The van der Waals surface area contributed by atoms with Gasteiger partial charge in [0, 0.05) is 30.4 Å². The Balaban J connectivity index is 1.36. The third-order valence-corrected chi connectivity index (χ3v) is 6.60. The van der Waals surface area contributed by atoms with Gasteiger partial charge >= 0.3 is 6.03 Å². The molecule has 2 aliphatic carbocycles. The van der Waals surface area contributed by atoms with Crippen molar-refractivity contribution in [3.63, 3.8) is 0 Å². The number of carbonyl (C=O) groups excluding carboxylic acids is 1. The van der Waals surface area contributed by atoms with Crippen LogP contribution in [0.15, 0.2) is 23.9 Å². The molecule has 0 saturated carbocycles. The van der Waals surface area contributed by atoms with E-state index in [2.05, 4.69) is 31.9 Å². The fraction of sp³-hybridized carbons (Fsp3) is 0.429. The second-order valence-corrected chi connectivity index (χ2v) is 8.88. The van der Waals surface area contributed by atoms with Gasteiger partial charge in [-0.05, 0) is 90.5 Å². The average Bonchev–Trinajstić information content (AvgIpc) is 3.43. The van der Waals surface area contributed by atoms with Crippen molar-refractivity contribution in [2.24, 2.45) is 0 Å². The number of carbonyl (C=O) groups is 1. The first-order chi connectivity index (χ1) is 13.8. The lowest BCUT2D eigenvalue weighted by Crippen LogP contribution is -2.23. The molecule has 148 valence electrons. The van der Waals surface area contributed by atoms with Gasteiger partial charge in [-0.1, -0.05) is 6.07 Å². The Bertz CT molecular complexity index is 859. The van der Waals surface area contributed by atoms with E-state index in [1.165, 1.54) is 47.0 Å². The van der Waals surface area contributed by atoms with E-state index in [0.717, 1.165) is 49.5 Å². The number of thioether (sulfide) groups is 1. The predicted molar refractivity (Wildman–Crippen MR) is 120 cm³/mol. The first kappa shape index (κ1) is 19.5. The van der Waals surface area contributed by atoms with Crippen LogP contribution >= 0.6 is 23.7 Å². The summed E-state index contributed by atoms with van der Waals surface area (Å²) in [6, 6.07) is 2.22. The number of benzene rings is 1. The van der Waals surface area contributed by atoms with Crippen LogP contribution in [-0.4, -0.2) is 27.6 Å². The minimum atomic E-state index is -0.158. The molecule has 0 fully saturated rings. The van der Waals surface area contributed by atoms with E-state index in [1.807, 2.05) is 29.4 Å². The van der Waals surface area contributed by atoms with Crippen LogP contribution in [0.1, 0.15) is 40.9 Å². The molecule has 28 heavy (non-hydrogen) atoms. The fourth-order valence-corrected chi connectivity index (χ4v) is 4.94. The second-order valence-electron chi connectivity index (χ2n) is 7.18. The summed E-state index contributed by atoms with van der Waals surface area (Å²) in [6.45, 7) is 0.934. The summed E-state index contributed by atoms with van der Waals surface area (Å²) >= 11 is 3.09. The molecule has 0 aliphatic heterocycles. The molecule has 1 heterocycles. The lowest BCUT2D eigenvalue weighted by atomic mass is 9.99. The summed E-state index contributed by atoms with van der Waals surface area (Å²) in [5.74, 6) is 1.96. The Morgan fingerprint density at radius 3 is 2.68 bits per heavy atom. The molecule has 0 radical (unpaired) electrons. The monoisotopic (exact) mass is 414 g/mol. The summed E-state index contributed by atoms with van der Waals surface area (Å²) in [4.78, 5) is 16.8. The molecule has 2 aliphatic rings. The number of aryl methyl sites for hydroxylation is 3. The highest BCUT2D eigenvalue weighted by atomic mass is 32.2. The maximum absolute atomic E-state index is 12.5. The molecule has 2 amide bonds. The molecule has 0 atom stereocenters. The quantitative estimate of drug-likeness (QED) is 0.647. The van der Waals surface area contributed by atoms with Crippen LogP contribution in [0, 0.1) is 0 Å². The van der Waals surface area contributed by atoms with E-state index in [0.29, 0.717) is 0 Å². The summed E-state index contributed by atoms with van der Waals surface area (Å²) in [7, 11) is 0. The molecule has 1 aromatic heterocycles. The molecule has 5 nitrogen and oxygen atoms in total. The van der Waals surface area contributed by atoms with Gasteiger partial charge in [-0.15, -0.1) is 0 Å². The standard InChI is InChI=1S/C21H26N4OS2/c1-27-13-11-25-10-9-22-19(25)8-12-28-24-21(26)23-20-17-6-2-4-15(17)14-16-5-3-7-18(16)20/h8-10,12,14H,2-7,11,13H2,1H3,(H2,23,24,26)/b12-8+. The number of hydrogen-bond donors (Lipinski definition) is 2. The van der Waals surface area contributed by atoms with Crippen molar-refractivity contribution < 1.29 is 4.79 Å². The Hall–Kier alpha value is -1.86. The molecule has 2 N–H and O–H groups in total. The average molecular weight is 415 g/mol. The Labute approximate surface area is 174 Å². The molecular weight excluding hydrogens is 388 g/mol. The van der Waals surface area contributed by atoms with Gasteiger partial charge in [-0.25, -0.2) is 9.78 Å². The normalized spacial score (nSPS) is 15.0. The van der Waals surface area contributed by atoms with Crippen molar-refractivity contribution in [1.29, 1.82) is 0 Å². The third kappa shape index (κ3) is 4.25. The molecule has 0 bridgehead atoms. The van der Waals surface area contributed by atoms with Crippen molar-refractivity contribution in [3.05, 3.63) is 51.9 Å². The molecule has 2 aromatic rings. The van der Waals surface area contributed by atoms with Crippen LogP contribution in [-0.2, 0) is 32.2 Å². The van der Waals surface area contributed by atoms with Gasteiger partial charge in [0.15, 0.2) is 0 Å². The van der Waals surface area contributed by atoms with E-state index in [9.17, 15) is 4.79 Å². The zero-order valence-electron chi connectivity index (χ0n) is 16.2. The van der Waals surface area contributed by atoms with Gasteiger partial charge in [0.25, 0.3) is 0 Å². The van der Waals surface area contributed by atoms with Gasteiger partial charge < -0.3 is 9.88 Å².